The van der Waals surface area contributed by atoms with Gasteiger partial charge in [-0.15, -0.1) is 0 Å². The number of likely N-dealkylation sites (tertiary alicyclic amines) is 3. The van der Waals surface area contributed by atoms with Crippen molar-refractivity contribution in [2.45, 2.75) is 27.2 Å². The number of aromatic nitrogens is 2. The van der Waals surface area contributed by atoms with Gasteiger partial charge in [0.15, 0.2) is 0 Å². The summed E-state index contributed by atoms with van der Waals surface area (Å²) in [4.78, 5) is 55.2. The molecule has 10 nitrogen and oxygen atoms in total. The summed E-state index contributed by atoms with van der Waals surface area (Å²) in [5.74, 6) is 0.628. The number of methoxy groups -OCH3 is 1. The second-order valence-corrected chi connectivity index (χ2v) is 12.0. The van der Waals surface area contributed by atoms with Gasteiger partial charge in [-0.1, -0.05) is 17.7 Å². The average Bonchev–Trinajstić information content (AvgIpc) is 3.46. The van der Waals surface area contributed by atoms with Crippen LogP contribution in [0.15, 0.2) is 24.5 Å². The van der Waals surface area contributed by atoms with Gasteiger partial charge in [0, 0.05) is 63.6 Å². The summed E-state index contributed by atoms with van der Waals surface area (Å²) in [5.41, 5.74) is 3.83. The minimum absolute atomic E-state index is 0.0225. The second-order valence-electron chi connectivity index (χ2n) is 11.6. The minimum atomic E-state index is -0.229. The van der Waals surface area contributed by atoms with E-state index in [4.69, 9.17) is 16.3 Å². The summed E-state index contributed by atoms with van der Waals surface area (Å²) in [5, 5.41) is 0.629. The molecule has 0 bridgehead atoms. The molecule has 5 rings (SSSR count). The van der Waals surface area contributed by atoms with E-state index in [1.54, 1.807) is 4.90 Å². The molecule has 3 fully saturated rings. The highest BCUT2D eigenvalue weighted by Gasteiger charge is 2.42. The van der Waals surface area contributed by atoms with Crippen molar-refractivity contribution in [1.29, 1.82) is 0 Å². The number of anilines is 1. The number of hydrogen-bond donors (Lipinski definition) is 0. The van der Waals surface area contributed by atoms with Gasteiger partial charge < -0.3 is 24.3 Å². The van der Waals surface area contributed by atoms with Crippen LogP contribution in [0.2, 0.25) is 5.02 Å². The molecule has 2 aromatic rings. The molecule has 0 aliphatic carbocycles. The van der Waals surface area contributed by atoms with Crippen LogP contribution < -0.4 is 4.90 Å². The Morgan fingerprint density at radius 3 is 2.24 bits per heavy atom. The van der Waals surface area contributed by atoms with Crippen LogP contribution in [0.5, 0.6) is 0 Å². The van der Waals surface area contributed by atoms with Gasteiger partial charge in [0.2, 0.25) is 11.8 Å². The standard InChI is InChI=1S/C30H39ClN6O4/c1-19-6-7-25(10-26(19)31)37(29(39)24-15-35(16-24)27(38)17-41-4)9-5-8-34-11-22-13-36(14-23(22)12-34)30(40)28-20(2)32-18-33-21(28)3/h6-7,10,18,22-24H,5,8-9,11-17H2,1-4H3. The number of aryl methyl sites for hydroxylation is 3. The van der Waals surface area contributed by atoms with Crippen LogP contribution in [0.25, 0.3) is 0 Å². The fourth-order valence-corrected chi connectivity index (χ4v) is 6.52. The number of halogens is 1. The van der Waals surface area contributed by atoms with Crippen molar-refractivity contribution < 1.29 is 19.1 Å². The first-order valence-corrected chi connectivity index (χ1v) is 14.7. The van der Waals surface area contributed by atoms with Gasteiger partial charge in [-0.05, 0) is 63.3 Å². The molecule has 2 unspecified atom stereocenters. The Labute approximate surface area is 246 Å². The molecule has 11 heteroatoms. The molecular formula is C30H39ClN6O4. The lowest BCUT2D eigenvalue weighted by molar-refractivity contribution is -0.145. The predicted octanol–water partition coefficient (Wildman–Crippen LogP) is 2.59. The van der Waals surface area contributed by atoms with Crippen LogP contribution in [-0.4, -0.2) is 108 Å². The van der Waals surface area contributed by atoms with E-state index in [1.807, 2.05) is 48.8 Å². The van der Waals surface area contributed by atoms with E-state index in [-0.39, 0.29) is 30.2 Å². The quantitative estimate of drug-likeness (QED) is 0.448. The third-order valence-corrected chi connectivity index (χ3v) is 9.14. The number of nitrogens with zero attached hydrogens (tertiary/aromatic N) is 6. The highest BCUT2D eigenvalue weighted by molar-refractivity contribution is 6.31. The Hall–Kier alpha value is -3.08. The van der Waals surface area contributed by atoms with Gasteiger partial charge in [0.1, 0.15) is 12.9 Å². The molecule has 2 atom stereocenters. The molecular weight excluding hydrogens is 544 g/mol. The van der Waals surface area contributed by atoms with Crippen molar-refractivity contribution in [3.05, 3.63) is 52.1 Å². The Morgan fingerprint density at radius 1 is 0.976 bits per heavy atom. The lowest BCUT2D eigenvalue weighted by Crippen LogP contribution is -2.57. The second kappa shape index (κ2) is 12.4. The fraction of sp³-hybridized carbons (Fsp3) is 0.567. The molecule has 3 amide bonds. The van der Waals surface area contributed by atoms with Crippen molar-refractivity contribution in [2.24, 2.45) is 17.8 Å². The van der Waals surface area contributed by atoms with Crippen molar-refractivity contribution in [3.63, 3.8) is 0 Å². The highest BCUT2D eigenvalue weighted by atomic mass is 35.5. The molecule has 3 aliphatic heterocycles. The van der Waals surface area contributed by atoms with Crippen LogP contribution in [0.4, 0.5) is 5.69 Å². The number of carbonyl (C=O) groups is 3. The van der Waals surface area contributed by atoms with Gasteiger partial charge >= 0.3 is 0 Å². The van der Waals surface area contributed by atoms with E-state index in [9.17, 15) is 14.4 Å². The van der Waals surface area contributed by atoms with E-state index in [2.05, 4.69) is 14.9 Å². The van der Waals surface area contributed by atoms with E-state index in [1.165, 1.54) is 13.4 Å². The van der Waals surface area contributed by atoms with E-state index in [0.717, 1.165) is 61.8 Å². The van der Waals surface area contributed by atoms with Crippen molar-refractivity contribution in [2.75, 3.05) is 71.0 Å². The van der Waals surface area contributed by atoms with Gasteiger partial charge in [0.25, 0.3) is 5.91 Å². The highest BCUT2D eigenvalue weighted by Crippen LogP contribution is 2.33. The van der Waals surface area contributed by atoms with Crippen LogP contribution in [0.1, 0.15) is 33.7 Å². The normalized spacial score (nSPS) is 20.7. The zero-order chi connectivity index (χ0) is 29.3. The lowest BCUT2D eigenvalue weighted by atomic mass is 9.97. The molecule has 4 heterocycles. The molecule has 0 N–H and O–H groups in total. The number of fused-ring (bicyclic) bond motifs is 1. The van der Waals surface area contributed by atoms with Crippen LogP contribution in [0.3, 0.4) is 0 Å². The van der Waals surface area contributed by atoms with Crippen LogP contribution in [-0.2, 0) is 14.3 Å². The van der Waals surface area contributed by atoms with Crippen molar-refractivity contribution in [3.8, 4) is 0 Å². The average molecular weight is 583 g/mol. The van der Waals surface area contributed by atoms with Gasteiger partial charge in [-0.25, -0.2) is 9.97 Å². The Morgan fingerprint density at radius 2 is 1.63 bits per heavy atom. The monoisotopic (exact) mass is 582 g/mol. The first kappa shape index (κ1) is 29.4. The van der Waals surface area contributed by atoms with Gasteiger partial charge in [0.05, 0.1) is 22.9 Å². The molecule has 1 aromatic heterocycles. The summed E-state index contributed by atoms with van der Waals surface area (Å²) in [6.07, 6.45) is 2.32. The third-order valence-electron chi connectivity index (χ3n) is 8.73. The zero-order valence-electron chi connectivity index (χ0n) is 24.3. The van der Waals surface area contributed by atoms with Gasteiger partial charge in [-0.3, -0.25) is 14.4 Å². The number of amides is 3. The van der Waals surface area contributed by atoms with Crippen molar-refractivity contribution >= 4 is 35.0 Å². The maximum absolute atomic E-state index is 13.6. The molecule has 0 radical (unpaired) electrons. The number of carbonyl (C=O) groups excluding carboxylic acids is 3. The number of benzene rings is 1. The number of rotatable bonds is 9. The molecule has 1 aromatic carbocycles. The largest absolute Gasteiger partial charge is 0.375 e. The maximum atomic E-state index is 13.6. The molecule has 3 aliphatic rings. The minimum Gasteiger partial charge on any atom is -0.375 e. The van der Waals surface area contributed by atoms with Crippen molar-refractivity contribution in [1.82, 2.24) is 24.7 Å². The third kappa shape index (κ3) is 6.24. The molecule has 0 spiro atoms. The summed E-state index contributed by atoms with van der Waals surface area (Å²) < 4.78 is 4.94. The number of ether oxygens (including phenoxy) is 1. The van der Waals surface area contributed by atoms with E-state index in [0.29, 0.717) is 42.1 Å². The molecule has 41 heavy (non-hydrogen) atoms. The van der Waals surface area contributed by atoms with Crippen LogP contribution >= 0.6 is 11.6 Å². The first-order chi connectivity index (χ1) is 19.7. The molecule has 0 saturated carbocycles. The topological polar surface area (TPSA) is 99.2 Å². The summed E-state index contributed by atoms with van der Waals surface area (Å²) in [7, 11) is 1.49. The Kier molecular flexibility index (Phi) is 8.91. The Bertz CT molecular complexity index is 1280. The SMILES string of the molecule is COCC(=O)N1CC(C(=O)N(CCCN2CC3CN(C(=O)c4c(C)ncnc4C)CC3C2)c2ccc(C)c(Cl)c2)C1. The molecule has 3 saturated heterocycles. The smallest absolute Gasteiger partial charge is 0.257 e. The maximum Gasteiger partial charge on any atom is 0.257 e. The lowest BCUT2D eigenvalue weighted by Gasteiger charge is -2.40. The van der Waals surface area contributed by atoms with Crippen LogP contribution in [0, 0.1) is 38.5 Å². The van der Waals surface area contributed by atoms with E-state index >= 15 is 0 Å². The predicted molar refractivity (Wildman–Crippen MR) is 156 cm³/mol. The summed E-state index contributed by atoms with van der Waals surface area (Å²) in [6.45, 7) is 11.4. The van der Waals surface area contributed by atoms with E-state index < -0.39 is 0 Å². The first-order valence-electron chi connectivity index (χ1n) is 14.3. The fourth-order valence-electron chi connectivity index (χ4n) is 6.34. The Balaban J connectivity index is 1.16. The molecule has 220 valence electrons. The zero-order valence-corrected chi connectivity index (χ0v) is 25.1. The van der Waals surface area contributed by atoms with Gasteiger partial charge in [-0.2, -0.15) is 0 Å². The summed E-state index contributed by atoms with van der Waals surface area (Å²) in [6, 6.07) is 5.74. The summed E-state index contributed by atoms with van der Waals surface area (Å²) >= 11 is 6.42. The number of hydrogen-bond acceptors (Lipinski definition) is 7.